The van der Waals surface area contributed by atoms with Crippen LogP contribution in [0.25, 0.3) is 0 Å². The van der Waals surface area contributed by atoms with Crippen molar-refractivity contribution in [2.75, 3.05) is 32.7 Å². The third kappa shape index (κ3) is 3.21. The second-order valence-corrected chi connectivity index (χ2v) is 5.90. The molecule has 2 saturated heterocycles. The third-order valence-electron chi connectivity index (χ3n) is 4.69. The predicted octanol–water partition coefficient (Wildman–Crippen LogP) is 2.35. The van der Waals surface area contributed by atoms with Gasteiger partial charge in [-0.05, 0) is 63.2 Å². The van der Waals surface area contributed by atoms with Crippen LogP contribution in [0.4, 0.5) is 0 Å². The minimum atomic E-state index is 0.880. The topological polar surface area (TPSA) is 15.3 Å². The van der Waals surface area contributed by atoms with E-state index in [2.05, 4.69) is 24.1 Å². The van der Waals surface area contributed by atoms with Gasteiger partial charge in [0.2, 0.25) is 0 Å². The molecule has 0 radical (unpaired) electrons. The smallest absolute Gasteiger partial charge is 0.00248 e. The molecule has 0 aliphatic carbocycles. The quantitative estimate of drug-likeness (QED) is 0.791. The summed E-state index contributed by atoms with van der Waals surface area (Å²) in [5, 5.41) is 3.52. The molecule has 3 atom stereocenters. The largest absolute Gasteiger partial charge is 0.316 e. The van der Waals surface area contributed by atoms with Crippen molar-refractivity contribution in [2.45, 2.75) is 39.5 Å². The molecule has 2 aliphatic rings. The van der Waals surface area contributed by atoms with Gasteiger partial charge in [-0.15, -0.1) is 0 Å². The summed E-state index contributed by atoms with van der Waals surface area (Å²) in [4.78, 5) is 2.73. The molecule has 0 bridgehead atoms. The monoisotopic (exact) mass is 224 g/mol. The summed E-state index contributed by atoms with van der Waals surface area (Å²) in [5.41, 5.74) is 0. The Morgan fingerprint density at radius 1 is 1.19 bits per heavy atom. The average Bonchev–Trinajstić information content (AvgIpc) is 2.56. The van der Waals surface area contributed by atoms with Gasteiger partial charge < -0.3 is 10.2 Å². The summed E-state index contributed by atoms with van der Waals surface area (Å²) >= 11 is 0. The van der Waals surface area contributed by atoms with Gasteiger partial charge in [0.15, 0.2) is 0 Å². The normalized spacial score (nSPS) is 37.5. The highest BCUT2D eigenvalue weighted by atomic mass is 15.1. The second kappa shape index (κ2) is 6.02. The summed E-state index contributed by atoms with van der Waals surface area (Å²) in [7, 11) is 0. The molecular weight excluding hydrogens is 196 g/mol. The number of hydrogen-bond donors (Lipinski definition) is 1. The van der Waals surface area contributed by atoms with E-state index < -0.39 is 0 Å². The number of nitrogens with zero attached hydrogens (tertiary/aromatic N) is 1. The Bertz CT molecular complexity index is 205. The molecule has 94 valence electrons. The molecule has 2 aliphatic heterocycles. The number of rotatable bonds is 3. The zero-order chi connectivity index (χ0) is 11.4. The Balaban J connectivity index is 1.77. The van der Waals surface area contributed by atoms with Crippen molar-refractivity contribution in [3.8, 4) is 0 Å². The molecule has 2 rings (SSSR count). The van der Waals surface area contributed by atoms with E-state index in [1.165, 1.54) is 58.4 Å². The first-order valence-electron chi connectivity index (χ1n) is 7.22. The minimum Gasteiger partial charge on any atom is -0.316 e. The molecular formula is C14H28N2. The molecule has 0 amide bonds. The highest BCUT2D eigenvalue weighted by Crippen LogP contribution is 2.23. The summed E-state index contributed by atoms with van der Waals surface area (Å²) < 4.78 is 0. The predicted molar refractivity (Wildman–Crippen MR) is 69.6 cm³/mol. The lowest BCUT2D eigenvalue weighted by atomic mass is 9.97. The SMILES string of the molecule is CCC1CCCN(CC2CNCC2C)CC1. The molecule has 3 unspecified atom stereocenters. The van der Waals surface area contributed by atoms with Gasteiger partial charge in [-0.3, -0.25) is 0 Å². The Kier molecular flexibility index (Phi) is 4.66. The van der Waals surface area contributed by atoms with Gasteiger partial charge in [-0.25, -0.2) is 0 Å². The van der Waals surface area contributed by atoms with Crippen molar-refractivity contribution in [2.24, 2.45) is 17.8 Å². The Morgan fingerprint density at radius 2 is 2.06 bits per heavy atom. The van der Waals surface area contributed by atoms with Gasteiger partial charge in [0.1, 0.15) is 0 Å². The lowest BCUT2D eigenvalue weighted by Crippen LogP contribution is -2.33. The molecule has 0 spiro atoms. The van der Waals surface area contributed by atoms with Gasteiger partial charge in [0, 0.05) is 6.54 Å². The molecule has 0 aromatic heterocycles. The Hall–Kier alpha value is -0.0800. The Morgan fingerprint density at radius 3 is 2.75 bits per heavy atom. The Labute approximate surface area is 101 Å². The van der Waals surface area contributed by atoms with Gasteiger partial charge in [-0.1, -0.05) is 20.3 Å². The fraction of sp³-hybridized carbons (Fsp3) is 1.00. The number of nitrogens with one attached hydrogen (secondary N) is 1. The van der Waals surface area contributed by atoms with Crippen LogP contribution in [0.3, 0.4) is 0 Å². The van der Waals surface area contributed by atoms with Crippen molar-refractivity contribution in [1.82, 2.24) is 10.2 Å². The summed E-state index contributed by atoms with van der Waals surface area (Å²) in [6, 6.07) is 0. The van der Waals surface area contributed by atoms with Gasteiger partial charge in [-0.2, -0.15) is 0 Å². The van der Waals surface area contributed by atoms with Crippen LogP contribution >= 0.6 is 0 Å². The van der Waals surface area contributed by atoms with Gasteiger partial charge >= 0.3 is 0 Å². The van der Waals surface area contributed by atoms with E-state index in [4.69, 9.17) is 0 Å². The number of likely N-dealkylation sites (tertiary alicyclic amines) is 1. The highest BCUT2D eigenvalue weighted by Gasteiger charge is 2.26. The van der Waals surface area contributed by atoms with E-state index in [1.807, 2.05) is 0 Å². The van der Waals surface area contributed by atoms with Crippen LogP contribution in [0.5, 0.6) is 0 Å². The molecule has 0 saturated carbocycles. The van der Waals surface area contributed by atoms with Crippen LogP contribution in [0.15, 0.2) is 0 Å². The lowest BCUT2D eigenvalue weighted by molar-refractivity contribution is 0.223. The second-order valence-electron chi connectivity index (χ2n) is 5.90. The van der Waals surface area contributed by atoms with E-state index in [0.717, 1.165) is 17.8 Å². The van der Waals surface area contributed by atoms with Crippen molar-refractivity contribution < 1.29 is 0 Å². The lowest BCUT2D eigenvalue weighted by Gasteiger charge is -2.25. The maximum Gasteiger partial charge on any atom is 0.00248 e. The zero-order valence-electron chi connectivity index (χ0n) is 11.0. The van der Waals surface area contributed by atoms with Gasteiger partial charge in [0.05, 0.1) is 0 Å². The van der Waals surface area contributed by atoms with E-state index >= 15 is 0 Å². The zero-order valence-corrected chi connectivity index (χ0v) is 11.0. The first kappa shape index (κ1) is 12.4. The maximum absolute atomic E-state index is 3.52. The summed E-state index contributed by atoms with van der Waals surface area (Å²) in [5.74, 6) is 2.78. The summed E-state index contributed by atoms with van der Waals surface area (Å²) in [6.45, 7) is 11.3. The highest BCUT2D eigenvalue weighted by molar-refractivity contribution is 4.81. The van der Waals surface area contributed by atoms with Crippen LogP contribution in [0.2, 0.25) is 0 Å². The summed E-state index contributed by atoms with van der Waals surface area (Å²) in [6.07, 6.45) is 5.71. The molecule has 1 N–H and O–H groups in total. The van der Waals surface area contributed by atoms with Gasteiger partial charge in [0.25, 0.3) is 0 Å². The van der Waals surface area contributed by atoms with Crippen LogP contribution in [0.1, 0.15) is 39.5 Å². The minimum absolute atomic E-state index is 0.880. The molecule has 2 heterocycles. The number of hydrogen-bond acceptors (Lipinski definition) is 2. The molecule has 0 aromatic rings. The molecule has 2 fully saturated rings. The van der Waals surface area contributed by atoms with E-state index in [1.54, 1.807) is 0 Å². The van der Waals surface area contributed by atoms with Crippen molar-refractivity contribution in [1.29, 1.82) is 0 Å². The van der Waals surface area contributed by atoms with Crippen molar-refractivity contribution in [3.63, 3.8) is 0 Å². The van der Waals surface area contributed by atoms with E-state index in [-0.39, 0.29) is 0 Å². The van der Waals surface area contributed by atoms with Crippen molar-refractivity contribution in [3.05, 3.63) is 0 Å². The molecule has 2 heteroatoms. The van der Waals surface area contributed by atoms with Crippen LogP contribution in [0, 0.1) is 17.8 Å². The molecule has 16 heavy (non-hydrogen) atoms. The molecule has 2 nitrogen and oxygen atoms in total. The van der Waals surface area contributed by atoms with E-state index in [9.17, 15) is 0 Å². The standard InChI is InChI=1S/C14H28N2/c1-3-13-5-4-7-16(8-6-13)11-14-10-15-9-12(14)2/h12-15H,3-11H2,1-2H3. The van der Waals surface area contributed by atoms with Crippen LogP contribution < -0.4 is 5.32 Å². The maximum atomic E-state index is 3.52. The fourth-order valence-electron chi connectivity index (χ4n) is 3.26. The fourth-order valence-corrected chi connectivity index (χ4v) is 3.26. The van der Waals surface area contributed by atoms with Crippen LogP contribution in [-0.4, -0.2) is 37.6 Å². The van der Waals surface area contributed by atoms with Crippen LogP contribution in [-0.2, 0) is 0 Å². The first-order chi connectivity index (χ1) is 7.79. The molecule has 0 aromatic carbocycles. The van der Waals surface area contributed by atoms with E-state index in [0.29, 0.717) is 0 Å². The third-order valence-corrected chi connectivity index (χ3v) is 4.69. The van der Waals surface area contributed by atoms with Crippen molar-refractivity contribution >= 4 is 0 Å². The average molecular weight is 224 g/mol. The first-order valence-corrected chi connectivity index (χ1v) is 7.22.